The van der Waals surface area contributed by atoms with Gasteiger partial charge < -0.3 is 14.9 Å². The summed E-state index contributed by atoms with van der Waals surface area (Å²) in [6.07, 6.45) is 3.04. The predicted octanol–water partition coefficient (Wildman–Crippen LogP) is 3.91. The van der Waals surface area contributed by atoms with Crippen molar-refractivity contribution in [1.29, 1.82) is 0 Å². The molecule has 0 bridgehead atoms. The lowest BCUT2D eigenvalue weighted by Gasteiger charge is -2.08. The van der Waals surface area contributed by atoms with Gasteiger partial charge in [-0.1, -0.05) is 35.6 Å². The third-order valence-corrected chi connectivity index (χ3v) is 5.12. The summed E-state index contributed by atoms with van der Waals surface area (Å²) in [5.74, 6) is -0.0297. The molecule has 0 aliphatic heterocycles. The van der Waals surface area contributed by atoms with Crippen LogP contribution in [-0.4, -0.2) is 27.8 Å². The van der Waals surface area contributed by atoms with Gasteiger partial charge >= 0.3 is 10.8 Å². The van der Waals surface area contributed by atoms with Gasteiger partial charge in [0.1, 0.15) is 5.75 Å². The fourth-order valence-electron chi connectivity index (χ4n) is 2.88. The van der Waals surface area contributed by atoms with Crippen molar-refractivity contribution in [3.8, 4) is 11.6 Å². The highest BCUT2D eigenvalue weighted by molar-refractivity contribution is 7.09. The molecule has 0 spiro atoms. The monoisotopic (exact) mass is 387 g/mol. The molecule has 0 amide bonds. The van der Waals surface area contributed by atoms with Gasteiger partial charge in [0.2, 0.25) is 5.88 Å². The Morgan fingerprint density at radius 2 is 1.85 bits per heavy atom. The van der Waals surface area contributed by atoms with Gasteiger partial charge in [0.05, 0.1) is 11.5 Å². The average Bonchev–Trinajstić information content (AvgIpc) is 2.94. The van der Waals surface area contributed by atoms with E-state index in [1.807, 2.05) is 36.4 Å². The summed E-state index contributed by atoms with van der Waals surface area (Å²) in [5.41, 5.74) is 1.01. The molecular weight excluding hydrogens is 366 g/mol. The van der Waals surface area contributed by atoms with Crippen LogP contribution in [0.5, 0.6) is 11.6 Å². The van der Waals surface area contributed by atoms with Crippen LogP contribution < -0.4 is 9.61 Å². The van der Waals surface area contributed by atoms with Gasteiger partial charge in [-0.2, -0.15) is 0 Å². The smallest absolute Gasteiger partial charge is 0.307 e. The standard InChI is InChI=1S/C20H21NO5S/c22-18(23)4-2-1-3-9-26-16-8-7-14-10-13(5-6-15(14)12-16)11-17-19(24)21-20(25)27-17/h5-8,10,12,24H,1-4,9,11H2,(H,21,25)(H,22,23). The zero-order valence-electron chi connectivity index (χ0n) is 14.7. The van der Waals surface area contributed by atoms with E-state index in [4.69, 9.17) is 9.84 Å². The summed E-state index contributed by atoms with van der Waals surface area (Å²) in [5, 5.41) is 20.4. The van der Waals surface area contributed by atoms with Crippen molar-refractivity contribution in [2.24, 2.45) is 0 Å². The van der Waals surface area contributed by atoms with Crippen LogP contribution in [0.2, 0.25) is 0 Å². The zero-order chi connectivity index (χ0) is 19.2. The van der Waals surface area contributed by atoms with E-state index in [9.17, 15) is 14.7 Å². The number of aliphatic carboxylic acids is 1. The number of carbonyl (C=O) groups is 1. The molecule has 7 heteroatoms. The van der Waals surface area contributed by atoms with Gasteiger partial charge in [-0.3, -0.25) is 14.6 Å². The van der Waals surface area contributed by atoms with Crippen LogP contribution in [0, 0.1) is 0 Å². The molecule has 0 unspecified atom stereocenters. The second-order valence-electron chi connectivity index (χ2n) is 6.36. The quantitative estimate of drug-likeness (QED) is 0.484. The van der Waals surface area contributed by atoms with Gasteiger partial charge in [0.15, 0.2) is 0 Å². The van der Waals surface area contributed by atoms with E-state index in [0.717, 1.165) is 46.3 Å². The Morgan fingerprint density at radius 3 is 2.59 bits per heavy atom. The number of carboxylic acids is 1. The first kappa shape index (κ1) is 19.0. The molecule has 3 N–H and O–H groups in total. The topological polar surface area (TPSA) is 99.6 Å². The molecule has 0 atom stereocenters. The molecule has 3 aromatic rings. The molecule has 2 aromatic carbocycles. The number of aromatic amines is 1. The molecule has 6 nitrogen and oxygen atoms in total. The number of H-pyrrole nitrogens is 1. The van der Waals surface area contributed by atoms with E-state index in [1.165, 1.54) is 0 Å². The van der Waals surface area contributed by atoms with Gasteiger partial charge in [0.25, 0.3) is 0 Å². The Kier molecular flexibility index (Phi) is 6.13. The van der Waals surface area contributed by atoms with Crippen LogP contribution in [0.15, 0.2) is 41.2 Å². The van der Waals surface area contributed by atoms with Crippen molar-refractivity contribution in [2.75, 3.05) is 6.61 Å². The van der Waals surface area contributed by atoms with Crippen molar-refractivity contribution in [2.45, 2.75) is 32.1 Å². The molecule has 1 aromatic heterocycles. The van der Waals surface area contributed by atoms with E-state index in [-0.39, 0.29) is 17.2 Å². The molecule has 0 saturated heterocycles. The second-order valence-corrected chi connectivity index (χ2v) is 7.43. The summed E-state index contributed by atoms with van der Waals surface area (Å²) < 4.78 is 5.75. The average molecular weight is 387 g/mol. The number of aromatic hydroxyl groups is 1. The van der Waals surface area contributed by atoms with E-state index in [0.29, 0.717) is 24.3 Å². The van der Waals surface area contributed by atoms with Crippen LogP contribution in [-0.2, 0) is 11.2 Å². The largest absolute Gasteiger partial charge is 0.494 e. The number of nitrogens with one attached hydrogen (secondary N) is 1. The third-order valence-electron chi connectivity index (χ3n) is 4.24. The van der Waals surface area contributed by atoms with Gasteiger partial charge in [-0.05, 0) is 47.7 Å². The maximum Gasteiger partial charge on any atom is 0.307 e. The van der Waals surface area contributed by atoms with Gasteiger partial charge in [-0.25, -0.2) is 0 Å². The zero-order valence-corrected chi connectivity index (χ0v) is 15.6. The van der Waals surface area contributed by atoms with Gasteiger partial charge in [0, 0.05) is 12.8 Å². The minimum atomic E-state index is -0.759. The molecule has 3 rings (SSSR count). The van der Waals surface area contributed by atoms with Gasteiger partial charge in [-0.15, -0.1) is 0 Å². The normalized spacial score (nSPS) is 11.0. The Hall–Kier alpha value is -2.80. The molecule has 1 heterocycles. The molecule has 0 fully saturated rings. The summed E-state index contributed by atoms with van der Waals surface area (Å²) in [4.78, 5) is 24.5. The third kappa shape index (κ3) is 5.34. The first-order chi connectivity index (χ1) is 13.0. The number of hydrogen-bond acceptors (Lipinski definition) is 5. The van der Waals surface area contributed by atoms with Crippen LogP contribution in [0.3, 0.4) is 0 Å². The summed E-state index contributed by atoms with van der Waals surface area (Å²) in [6, 6.07) is 11.9. The molecule has 0 aliphatic rings. The molecule has 0 radical (unpaired) electrons. The fourth-order valence-corrected chi connectivity index (χ4v) is 3.63. The van der Waals surface area contributed by atoms with Crippen molar-refractivity contribution in [1.82, 2.24) is 4.98 Å². The van der Waals surface area contributed by atoms with E-state index < -0.39 is 5.97 Å². The van der Waals surface area contributed by atoms with E-state index in [1.54, 1.807) is 0 Å². The molecule has 0 saturated carbocycles. The maximum absolute atomic E-state index is 11.3. The van der Waals surface area contributed by atoms with Crippen molar-refractivity contribution >= 4 is 28.1 Å². The van der Waals surface area contributed by atoms with Crippen molar-refractivity contribution in [3.05, 3.63) is 56.5 Å². The maximum atomic E-state index is 11.3. The van der Waals surface area contributed by atoms with Crippen LogP contribution in [0.1, 0.15) is 36.1 Å². The van der Waals surface area contributed by atoms with Crippen LogP contribution >= 0.6 is 11.3 Å². The number of thiazole rings is 1. The first-order valence-corrected chi connectivity index (χ1v) is 9.61. The lowest BCUT2D eigenvalue weighted by atomic mass is 10.0. The van der Waals surface area contributed by atoms with E-state index >= 15 is 0 Å². The lowest BCUT2D eigenvalue weighted by Crippen LogP contribution is -1.99. The Labute approximate surface area is 160 Å². The van der Waals surface area contributed by atoms with Crippen LogP contribution in [0.25, 0.3) is 10.8 Å². The summed E-state index contributed by atoms with van der Waals surface area (Å²) in [6.45, 7) is 0.564. The number of rotatable bonds is 9. The fraction of sp³-hybridized carbons (Fsp3) is 0.300. The highest BCUT2D eigenvalue weighted by Gasteiger charge is 2.08. The van der Waals surface area contributed by atoms with Crippen molar-refractivity contribution in [3.63, 3.8) is 0 Å². The SMILES string of the molecule is O=C(O)CCCCCOc1ccc2cc(Cc3sc(=O)[nH]c3O)ccc2c1. The van der Waals surface area contributed by atoms with Crippen LogP contribution in [0.4, 0.5) is 0 Å². The number of hydrogen-bond donors (Lipinski definition) is 3. The van der Waals surface area contributed by atoms with E-state index in [2.05, 4.69) is 4.98 Å². The highest BCUT2D eigenvalue weighted by atomic mass is 32.1. The number of benzene rings is 2. The summed E-state index contributed by atoms with van der Waals surface area (Å²) in [7, 11) is 0. The molecule has 142 valence electrons. The first-order valence-electron chi connectivity index (χ1n) is 8.79. The minimum Gasteiger partial charge on any atom is -0.494 e. The predicted molar refractivity (Wildman–Crippen MR) is 105 cm³/mol. The summed E-state index contributed by atoms with van der Waals surface area (Å²) >= 11 is 1.02. The number of ether oxygens (including phenoxy) is 1. The second kappa shape index (κ2) is 8.73. The molecule has 27 heavy (non-hydrogen) atoms. The minimum absolute atomic E-state index is 0.0581. The Balaban J connectivity index is 1.59. The Bertz CT molecular complexity index is 991. The highest BCUT2D eigenvalue weighted by Crippen LogP contribution is 2.25. The van der Waals surface area contributed by atoms with Crippen molar-refractivity contribution < 1.29 is 19.7 Å². The number of fused-ring (bicyclic) bond motifs is 1. The molecular formula is C20H21NO5S. The lowest BCUT2D eigenvalue weighted by molar-refractivity contribution is -0.137. The Morgan fingerprint density at radius 1 is 1.07 bits per heavy atom. The number of carboxylic acid groups (broad SMARTS) is 1. The number of unbranched alkanes of at least 4 members (excludes halogenated alkanes) is 2. The molecule has 0 aliphatic carbocycles. The number of aromatic nitrogens is 1.